The molecule has 0 radical (unpaired) electrons. The van der Waals surface area contributed by atoms with E-state index < -0.39 is 5.76 Å². The van der Waals surface area contributed by atoms with Crippen molar-refractivity contribution in [3.8, 4) is 17.4 Å². The van der Waals surface area contributed by atoms with Crippen LogP contribution in [0.2, 0.25) is 0 Å². The zero-order valence-electron chi connectivity index (χ0n) is 17.6. The lowest BCUT2D eigenvalue weighted by Gasteiger charge is -2.10. The van der Waals surface area contributed by atoms with Crippen LogP contribution in [0.15, 0.2) is 88.3 Å². The van der Waals surface area contributed by atoms with Crippen LogP contribution in [0.3, 0.4) is 0 Å². The summed E-state index contributed by atoms with van der Waals surface area (Å²) >= 11 is 0. The molecule has 1 amide bonds. The summed E-state index contributed by atoms with van der Waals surface area (Å²) in [5, 5.41) is 2.78. The Labute approximate surface area is 187 Å². The van der Waals surface area contributed by atoms with Crippen molar-refractivity contribution in [3.63, 3.8) is 0 Å². The molecule has 0 atom stereocenters. The summed E-state index contributed by atoms with van der Waals surface area (Å²) in [5.74, 6) is 1.33. The van der Waals surface area contributed by atoms with Gasteiger partial charge in [0.05, 0.1) is 5.52 Å². The Morgan fingerprint density at radius 3 is 2.58 bits per heavy atom. The van der Waals surface area contributed by atoms with E-state index in [4.69, 9.17) is 9.15 Å². The van der Waals surface area contributed by atoms with Crippen LogP contribution in [0.25, 0.3) is 16.9 Å². The molecule has 2 aromatic carbocycles. The molecule has 9 heteroatoms. The van der Waals surface area contributed by atoms with Crippen molar-refractivity contribution in [2.75, 3.05) is 5.32 Å². The smallest absolute Gasteiger partial charge is 0.420 e. The second-order valence-corrected chi connectivity index (χ2v) is 7.30. The number of ether oxygens (including phenoxy) is 1. The molecule has 9 nitrogen and oxygen atoms in total. The summed E-state index contributed by atoms with van der Waals surface area (Å²) in [6.45, 7) is 1.64. The number of aryl methyl sites for hydroxylation is 1. The van der Waals surface area contributed by atoms with Gasteiger partial charge in [-0.05, 0) is 55.5 Å². The minimum absolute atomic E-state index is 0.156. The number of carbonyl (C=O) groups is 1. The fourth-order valence-corrected chi connectivity index (χ4v) is 3.43. The first-order valence-corrected chi connectivity index (χ1v) is 10.2. The molecule has 0 saturated heterocycles. The summed E-state index contributed by atoms with van der Waals surface area (Å²) in [6.07, 6.45) is 3.78. The predicted octanol–water partition coefficient (Wildman–Crippen LogP) is 3.91. The van der Waals surface area contributed by atoms with E-state index in [1.54, 1.807) is 61.5 Å². The molecule has 0 unspecified atom stereocenters. The van der Waals surface area contributed by atoms with Gasteiger partial charge in [0.15, 0.2) is 5.58 Å². The van der Waals surface area contributed by atoms with Gasteiger partial charge in [-0.25, -0.2) is 9.78 Å². The van der Waals surface area contributed by atoms with Gasteiger partial charge < -0.3 is 19.0 Å². The molecule has 5 aromatic rings. The van der Waals surface area contributed by atoms with Gasteiger partial charge in [-0.15, -0.1) is 0 Å². The maximum Gasteiger partial charge on any atom is 0.420 e. The average molecular weight is 441 g/mol. The summed E-state index contributed by atoms with van der Waals surface area (Å²) in [6, 6.07) is 19.4. The Bertz CT molecular complexity index is 1480. The van der Waals surface area contributed by atoms with Gasteiger partial charge in [-0.3, -0.25) is 9.36 Å². The first-order chi connectivity index (χ1) is 16.0. The van der Waals surface area contributed by atoms with Crippen LogP contribution in [0.4, 0.5) is 5.69 Å². The Morgan fingerprint density at radius 1 is 1.03 bits per heavy atom. The molecule has 33 heavy (non-hydrogen) atoms. The molecule has 0 bridgehead atoms. The second kappa shape index (κ2) is 8.46. The monoisotopic (exact) mass is 441 g/mol. The molecule has 0 fully saturated rings. The van der Waals surface area contributed by atoms with E-state index in [2.05, 4.69) is 15.3 Å². The van der Waals surface area contributed by atoms with Crippen molar-refractivity contribution in [2.45, 2.75) is 13.5 Å². The van der Waals surface area contributed by atoms with Crippen molar-refractivity contribution in [2.24, 2.45) is 0 Å². The zero-order valence-corrected chi connectivity index (χ0v) is 17.6. The van der Waals surface area contributed by atoms with Gasteiger partial charge in [0.2, 0.25) is 11.8 Å². The molecule has 164 valence electrons. The van der Waals surface area contributed by atoms with Gasteiger partial charge in [0.1, 0.15) is 23.9 Å². The van der Waals surface area contributed by atoms with Crippen LogP contribution < -0.4 is 15.8 Å². The number of para-hydroxylation sites is 2. The highest BCUT2D eigenvalue weighted by atomic mass is 16.5. The third kappa shape index (κ3) is 4.38. The second-order valence-electron chi connectivity index (χ2n) is 7.30. The third-order valence-electron chi connectivity index (χ3n) is 4.91. The number of rotatable bonds is 6. The summed E-state index contributed by atoms with van der Waals surface area (Å²) in [4.78, 5) is 33.3. The maximum atomic E-state index is 12.5. The van der Waals surface area contributed by atoms with E-state index in [0.29, 0.717) is 40.1 Å². The zero-order chi connectivity index (χ0) is 22.8. The Balaban J connectivity index is 1.27. The molecule has 0 saturated carbocycles. The number of nitrogens with zero attached hydrogens (tertiary/aromatic N) is 4. The van der Waals surface area contributed by atoms with Gasteiger partial charge in [-0.1, -0.05) is 12.1 Å². The molecule has 5 rings (SSSR count). The van der Waals surface area contributed by atoms with E-state index in [9.17, 15) is 9.59 Å². The lowest BCUT2D eigenvalue weighted by atomic mass is 10.3. The van der Waals surface area contributed by atoms with Crippen LogP contribution in [0, 0.1) is 6.92 Å². The van der Waals surface area contributed by atoms with Crippen LogP contribution >= 0.6 is 0 Å². The number of benzene rings is 2. The number of aromatic nitrogens is 4. The number of oxazole rings is 1. The van der Waals surface area contributed by atoms with Crippen molar-refractivity contribution in [3.05, 3.63) is 95.5 Å². The fourth-order valence-electron chi connectivity index (χ4n) is 3.43. The molecule has 1 N–H and O–H groups in total. The fraction of sp³-hybridized carbons (Fsp3) is 0.0833. The molecule has 3 heterocycles. The first kappa shape index (κ1) is 20.3. The number of carbonyl (C=O) groups excluding carboxylic acids is 1. The van der Waals surface area contributed by atoms with Gasteiger partial charge in [0, 0.05) is 24.1 Å². The quantitative estimate of drug-likeness (QED) is 0.428. The molecule has 0 aliphatic heterocycles. The predicted molar refractivity (Wildman–Crippen MR) is 122 cm³/mol. The van der Waals surface area contributed by atoms with E-state index in [1.807, 2.05) is 29.1 Å². The summed E-state index contributed by atoms with van der Waals surface area (Å²) in [5.41, 5.74) is 1.58. The Morgan fingerprint density at radius 2 is 1.79 bits per heavy atom. The molecule has 0 aliphatic rings. The van der Waals surface area contributed by atoms with Crippen molar-refractivity contribution < 1.29 is 13.9 Å². The summed E-state index contributed by atoms with van der Waals surface area (Å²) in [7, 11) is 0. The maximum absolute atomic E-state index is 12.5. The molecule has 3 aromatic heterocycles. The largest absolute Gasteiger partial charge is 0.439 e. The number of nitrogens with one attached hydrogen (secondary N) is 1. The standard InChI is InChI=1S/C24H19N5O4/c1-16-25-21(28-12-4-5-13-28)14-23(26-16)32-18-10-8-17(9-11-18)27-22(30)15-29-19-6-2-3-7-20(19)33-24(29)31/h2-14H,15H2,1H3,(H,27,30). The number of fused-ring (bicyclic) bond motifs is 1. The average Bonchev–Trinajstić information content (AvgIpc) is 3.44. The molecular formula is C24H19N5O4. The topological polar surface area (TPSA) is 104 Å². The van der Waals surface area contributed by atoms with E-state index in [-0.39, 0.29) is 12.5 Å². The van der Waals surface area contributed by atoms with Crippen LogP contribution in [0.1, 0.15) is 5.82 Å². The van der Waals surface area contributed by atoms with Crippen molar-refractivity contribution >= 4 is 22.7 Å². The third-order valence-corrected chi connectivity index (χ3v) is 4.91. The minimum atomic E-state index is -0.575. The van der Waals surface area contributed by atoms with E-state index in [0.717, 1.165) is 0 Å². The lowest BCUT2D eigenvalue weighted by molar-refractivity contribution is -0.116. The highest BCUT2D eigenvalue weighted by Gasteiger charge is 2.13. The van der Waals surface area contributed by atoms with Gasteiger partial charge in [0.25, 0.3) is 0 Å². The van der Waals surface area contributed by atoms with Gasteiger partial charge in [-0.2, -0.15) is 4.98 Å². The molecule has 0 spiro atoms. The molecular weight excluding hydrogens is 422 g/mol. The Kier molecular flexibility index (Phi) is 5.19. The first-order valence-electron chi connectivity index (χ1n) is 10.2. The number of hydrogen-bond acceptors (Lipinski definition) is 6. The van der Waals surface area contributed by atoms with E-state index in [1.165, 1.54) is 4.57 Å². The van der Waals surface area contributed by atoms with E-state index >= 15 is 0 Å². The number of amides is 1. The van der Waals surface area contributed by atoms with Crippen molar-refractivity contribution in [1.82, 2.24) is 19.1 Å². The minimum Gasteiger partial charge on any atom is -0.439 e. The van der Waals surface area contributed by atoms with Gasteiger partial charge >= 0.3 is 5.76 Å². The highest BCUT2D eigenvalue weighted by molar-refractivity contribution is 5.91. The highest BCUT2D eigenvalue weighted by Crippen LogP contribution is 2.23. The number of hydrogen-bond donors (Lipinski definition) is 1. The van der Waals surface area contributed by atoms with Crippen LogP contribution in [-0.2, 0) is 11.3 Å². The SMILES string of the molecule is Cc1nc(Oc2ccc(NC(=O)Cn3c(=O)oc4ccccc43)cc2)cc(-n2cccc2)n1. The normalized spacial score (nSPS) is 10.9. The number of anilines is 1. The van der Waals surface area contributed by atoms with Crippen LogP contribution in [-0.4, -0.2) is 25.0 Å². The van der Waals surface area contributed by atoms with Crippen LogP contribution in [0.5, 0.6) is 11.6 Å². The lowest BCUT2D eigenvalue weighted by Crippen LogP contribution is -2.24. The van der Waals surface area contributed by atoms with Crippen molar-refractivity contribution in [1.29, 1.82) is 0 Å². The molecule has 0 aliphatic carbocycles. The summed E-state index contributed by atoms with van der Waals surface area (Å²) < 4.78 is 14.2. The Hall–Kier alpha value is -4.66.